The molecule has 0 aliphatic rings. The highest BCUT2D eigenvalue weighted by Crippen LogP contribution is 2.34. The van der Waals surface area contributed by atoms with Crippen LogP contribution in [0.25, 0.3) is 4.96 Å². The molecular weight excluding hydrogens is 418 g/mol. The standard InChI is InChI=1S/C12H6Cl4N6OS/c13-5-7(17)6(14)10(16)19-8(5)11(23)21-18-3-4-9(15)20-12-22(4)1-2-24-12/h1-3H,(H2,17,19)(H,21,23)/b18-3+. The Bertz CT molecular complexity index is 982. The van der Waals surface area contributed by atoms with Crippen LogP contribution in [0.2, 0.25) is 20.4 Å². The summed E-state index contributed by atoms with van der Waals surface area (Å²) in [5, 5.41) is 5.66. The fourth-order valence-electron chi connectivity index (χ4n) is 1.78. The molecule has 3 N–H and O–H groups in total. The molecule has 124 valence electrons. The van der Waals surface area contributed by atoms with Crippen molar-refractivity contribution < 1.29 is 4.79 Å². The third-order valence-corrected chi connectivity index (χ3v) is 5.06. The Kier molecular flexibility index (Phi) is 4.84. The number of thiazole rings is 1. The van der Waals surface area contributed by atoms with Crippen molar-refractivity contribution in [1.29, 1.82) is 0 Å². The van der Waals surface area contributed by atoms with Crippen molar-refractivity contribution in [2.45, 2.75) is 0 Å². The quantitative estimate of drug-likeness (QED) is 0.380. The zero-order valence-electron chi connectivity index (χ0n) is 11.4. The van der Waals surface area contributed by atoms with E-state index < -0.39 is 5.91 Å². The lowest BCUT2D eigenvalue weighted by atomic mass is 10.3. The molecular formula is C12H6Cl4N6OS. The maximum Gasteiger partial charge on any atom is 0.291 e. The minimum Gasteiger partial charge on any atom is -0.396 e. The first-order valence-electron chi connectivity index (χ1n) is 6.14. The van der Waals surface area contributed by atoms with Crippen molar-refractivity contribution in [2.75, 3.05) is 5.73 Å². The number of nitrogens with two attached hydrogens (primary N) is 1. The van der Waals surface area contributed by atoms with Gasteiger partial charge in [-0.3, -0.25) is 9.20 Å². The molecule has 3 heterocycles. The maximum absolute atomic E-state index is 12.1. The lowest BCUT2D eigenvalue weighted by Gasteiger charge is -2.07. The molecule has 0 fully saturated rings. The molecule has 3 rings (SSSR count). The average Bonchev–Trinajstić information content (AvgIpc) is 3.10. The van der Waals surface area contributed by atoms with Gasteiger partial charge in [-0.2, -0.15) is 5.10 Å². The summed E-state index contributed by atoms with van der Waals surface area (Å²) in [6.45, 7) is 0. The first kappa shape index (κ1) is 17.2. The number of nitrogens with zero attached hydrogens (tertiary/aromatic N) is 4. The lowest BCUT2D eigenvalue weighted by Crippen LogP contribution is -2.20. The van der Waals surface area contributed by atoms with E-state index >= 15 is 0 Å². The normalized spacial score (nSPS) is 11.5. The molecule has 0 unspecified atom stereocenters. The van der Waals surface area contributed by atoms with Crippen LogP contribution < -0.4 is 11.2 Å². The summed E-state index contributed by atoms with van der Waals surface area (Å²) in [6, 6.07) is 0. The highest BCUT2D eigenvalue weighted by molar-refractivity contribution is 7.15. The molecule has 24 heavy (non-hydrogen) atoms. The third kappa shape index (κ3) is 3.03. The van der Waals surface area contributed by atoms with Gasteiger partial charge in [-0.15, -0.1) is 11.3 Å². The molecule has 0 saturated carbocycles. The topological polar surface area (TPSA) is 97.7 Å². The summed E-state index contributed by atoms with van der Waals surface area (Å²) in [7, 11) is 0. The van der Waals surface area contributed by atoms with Gasteiger partial charge in [-0.1, -0.05) is 46.4 Å². The first-order chi connectivity index (χ1) is 11.4. The number of hydrogen-bond donors (Lipinski definition) is 2. The molecule has 7 nitrogen and oxygen atoms in total. The van der Waals surface area contributed by atoms with Crippen LogP contribution in [0.15, 0.2) is 16.7 Å². The number of carbonyl (C=O) groups is 1. The summed E-state index contributed by atoms with van der Waals surface area (Å²) in [4.78, 5) is 20.8. The highest BCUT2D eigenvalue weighted by atomic mass is 35.5. The third-order valence-electron chi connectivity index (χ3n) is 2.89. The number of nitrogen functional groups attached to an aromatic ring is 1. The average molecular weight is 424 g/mol. The number of pyridine rings is 1. The molecule has 0 aromatic carbocycles. The zero-order valence-corrected chi connectivity index (χ0v) is 15.3. The molecule has 0 aliphatic carbocycles. The van der Waals surface area contributed by atoms with Crippen LogP contribution in [0, 0.1) is 0 Å². The summed E-state index contributed by atoms with van der Waals surface area (Å²) in [5.41, 5.74) is 8.21. The molecule has 0 spiro atoms. The number of imidazole rings is 1. The number of hydrazone groups is 1. The SMILES string of the molecule is Nc1c(Cl)c(Cl)nc(C(=O)N/N=C/c2c(Cl)nc3sccn23)c1Cl. The number of anilines is 1. The van der Waals surface area contributed by atoms with E-state index in [0.717, 1.165) is 0 Å². The van der Waals surface area contributed by atoms with Crippen LogP contribution in [0.4, 0.5) is 5.69 Å². The van der Waals surface area contributed by atoms with E-state index in [-0.39, 0.29) is 31.7 Å². The maximum atomic E-state index is 12.1. The Morgan fingerprint density at radius 2 is 2.00 bits per heavy atom. The van der Waals surface area contributed by atoms with Gasteiger partial charge >= 0.3 is 0 Å². The van der Waals surface area contributed by atoms with E-state index in [0.29, 0.717) is 10.7 Å². The van der Waals surface area contributed by atoms with E-state index in [1.165, 1.54) is 17.6 Å². The van der Waals surface area contributed by atoms with E-state index in [2.05, 4.69) is 20.5 Å². The summed E-state index contributed by atoms with van der Waals surface area (Å²) in [6.07, 6.45) is 3.13. The Morgan fingerprint density at radius 3 is 2.75 bits per heavy atom. The molecule has 0 saturated heterocycles. The largest absolute Gasteiger partial charge is 0.396 e. The lowest BCUT2D eigenvalue weighted by molar-refractivity contribution is 0.0950. The molecule has 1 amide bonds. The van der Waals surface area contributed by atoms with Crippen LogP contribution in [-0.2, 0) is 0 Å². The number of carbonyl (C=O) groups excluding carboxylic acids is 1. The van der Waals surface area contributed by atoms with Crippen molar-refractivity contribution in [1.82, 2.24) is 19.8 Å². The van der Waals surface area contributed by atoms with Crippen LogP contribution in [0.5, 0.6) is 0 Å². The molecule has 0 atom stereocenters. The second-order valence-electron chi connectivity index (χ2n) is 4.34. The Hall–Kier alpha value is -1.58. The Morgan fingerprint density at radius 1 is 1.25 bits per heavy atom. The predicted molar refractivity (Wildman–Crippen MR) is 96.8 cm³/mol. The number of hydrogen-bond acceptors (Lipinski definition) is 6. The second kappa shape index (κ2) is 6.73. The van der Waals surface area contributed by atoms with E-state index in [1.807, 2.05) is 5.38 Å². The van der Waals surface area contributed by atoms with Crippen molar-refractivity contribution in [3.05, 3.63) is 43.3 Å². The van der Waals surface area contributed by atoms with Gasteiger partial charge in [0.1, 0.15) is 10.7 Å². The number of fused-ring (bicyclic) bond motifs is 1. The number of halogens is 4. The van der Waals surface area contributed by atoms with Gasteiger partial charge in [0.25, 0.3) is 5.91 Å². The fourth-order valence-corrected chi connectivity index (χ4v) is 3.36. The van der Waals surface area contributed by atoms with Crippen molar-refractivity contribution in [3.63, 3.8) is 0 Å². The fraction of sp³-hybridized carbons (Fsp3) is 0. The summed E-state index contributed by atoms with van der Waals surface area (Å²) in [5.74, 6) is -0.705. The number of aromatic nitrogens is 3. The van der Waals surface area contributed by atoms with Gasteiger partial charge in [0, 0.05) is 11.6 Å². The Labute approximate surface area is 159 Å². The second-order valence-corrected chi connectivity index (χ2v) is 6.68. The summed E-state index contributed by atoms with van der Waals surface area (Å²) < 4.78 is 1.73. The van der Waals surface area contributed by atoms with Crippen LogP contribution in [0.3, 0.4) is 0 Å². The van der Waals surface area contributed by atoms with Gasteiger partial charge in [-0.05, 0) is 0 Å². The predicted octanol–water partition coefficient (Wildman–Crippen LogP) is 3.75. The van der Waals surface area contributed by atoms with Crippen LogP contribution in [-0.4, -0.2) is 26.5 Å². The number of amides is 1. The minimum atomic E-state index is -0.705. The van der Waals surface area contributed by atoms with Crippen LogP contribution in [0.1, 0.15) is 16.2 Å². The molecule has 0 radical (unpaired) electrons. The highest BCUT2D eigenvalue weighted by Gasteiger charge is 2.19. The Balaban J connectivity index is 1.83. The molecule has 12 heteroatoms. The van der Waals surface area contributed by atoms with Gasteiger partial charge in [0.2, 0.25) is 0 Å². The van der Waals surface area contributed by atoms with E-state index in [1.54, 1.807) is 10.6 Å². The monoisotopic (exact) mass is 422 g/mol. The first-order valence-corrected chi connectivity index (χ1v) is 8.53. The molecule has 3 aromatic heterocycles. The number of rotatable bonds is 3. The van der Waals surface area contributed by atoms with Gasteiger partial charge in [0.05, 0.1) is 16.9 Å². The molecule has 3 aromatic rings. The van der Waals surface area contributed by atoms with Crippen LogP contribution >= 0.6 is 57.7 Å². The van der Waals surface area contributed by atoms with E-state index in [9.17, 15) is 4.79 Å². The van der Waals surface area contributed by atoms with Crippen molar-refractivity contribution in [3.8, 4) is 0 Å². The number of nitrogens with one attached hydrogen (secondary N) is 1. The van der Waals surface area contributed by atoms with Gasteiger partial charge in [-0.25, -0.2) is 15.4 Å². The molecule has 0 bridgehead atoms. The molecule has 0 aliphatic heterocycles. The zero-order chi connectivity index (χ0) is 17.4. The minimum absolute atomic E-state index is 0.0207. The van der Waals surface area contributed by atoms with Crippen molar-refractivity contribution >= 4 is 80.5 Å². The van der Waals surface area contributed by atoms with Crippen molar-refractivity contribution in [2.24, 2.45) is 5.10 Å². The van der Waals surface area contributed by atoms with E-state index in [4.69, 9.17) is 52.1 Å². The summed E-state index contributed by atoms with van der Waals surface area (Å²) >= 11 is 25.0. The van der Waals surface area contributed by atoms with Gasteiger partial charge in [0.15, 0.2) is 21.0 Å². The van der Waals surface area contributed by atoms with Gasteiger partial charge < -0.3 is 5.73 Å². The smallest absolute Gasteiger partial charge is 0.291 e.